The van der Waals surface area contributed by atoms with E-state index < -0.39 is 5.41 Å². The van der Waals surface area contributed by atoms with Crippen molar-refractivity contribution in [1.29, 1.82) is 0 Å². The highest BCUT2D eigenvalue weighted by molar-refractivity contribution is 6.30. The van der Waals surface area contributed by atoms with Crippen molar-refractivity contribution < 1.29 is 14.3 Å². The van der Waals surface area contributed by atoms with Gasteiger partial charge in [-0.25, -0.2) is 0 Å². The van der Waals surface area contributed by atoms with Gasteiger partial charge >= 0.3 is 5.97 Å². The molecule has 1 aliphatic heterocycles. The minimum absolute atomic E-state index is 0.0105. The van der Waals surface area contributed by atoms with E-state index in [1.807, 2.05) is 67.3 Å². The predicted molar refractivity (Wildman–Crippen MR) is 136 cm³/mol. The Morgan fingerprint density at radius 2 is 1.91 bits per heavy atom. The highest BCUT2D eigenvalue weighted by Crippen LogP contribution is 2.56. The fraction of sp³-hybridized carbons (Fsp3) is 0.429. The quantitative estimate of drug-likeness (QED) is 0.290. The molecule has 5 atom stereocenters. The molecule has 1 saturated carbocycles. The summed E-state index contributed by atoms with van der Waals surface area (Å²) in [7, 11) is 0. The van der Waals surface area contributed by atoms with Crippen molar-refractivity contribution in [1.82, 2.24) is 4.90 Å². The molecule has 0 aromatic heterocycles. The molecule has 0 spiro atoms. The number of likely N-dealkylation sites (tertiary alicyclic amines) is 1. The van der Waals surface area contributed by atoms with Crippen LogP contribution >= 0.6 is 23.2 Å². The summed E-state index contributed by atoms with van der Waals surface area (Å²) in [5, 5.41) is 1.33. The molecule has 180 valence electrons. The van der Waals surface area contributed by atoms with Gasteiger partial charge in [0.1, 0.15) is 0 Å². The summed E-state index contributed by atoms with van der Waals surface area (Å²) in [5.74, 6) is 0.0417. The average molecular weight is 500 g/mol. The smallest absolute Gasteiger partial charge is 0.306 e. The number of carbonyl (C=O) groups is 2. The van der Waals surface area contributed by atoms with Gasteiger partial charge in [0.25, 0.3) is 0 Å². The number of halogens is 2. The number of amides is 1. The Morgan fingerprint density at radius 1 is 1.18 bits per heavy atom. The zero-order chi connectivity index (χ0) is 24.5. The number of piperidine rings is 1. The fourth-order valence-corrected chi connectivity index (χ4v) is 5.80. The van der Waals surface area contributed by atoms with Crippen molar-refractivity contribution in [3.8, 4) is 0 Å². The molecule has 0 radical (unpaired) electrons. The van der Waals surface area contributed by atoms with Crippen LogP contribution in [-0.2, 0) is 14.3 Å². The monoisotopic (exact) mass is 499 g/mol. The van der Waals surface area contributed by atoms with Crippen molar-refractivity contribution in [2.24, 2.45) is 11.3 Å². The fourth-order valence-electron chi connectivity index (χ4n) is 5.48. The van der Waals surface area contributed by atoms with Crippen molar-refractivity contribution >= 4 is 35.1 Å². The topological polar surface area (TPSA) is 46.6 Å². The van der Waals surface area contributed by atoms with E-state index in [1.165, 1.54) is 0 Å². The van der Waals surface area contributed by atoms with Gasteiger partial charge in [-0.15, -0.1) is 6.58 Å². The van der Waals surface area contributed by atoms with E-state index in [-0.39, 0.29) is 35.8 Å². The third kappa shape index (κ3) is 5.04. The molecule has 2 aromatic carbocycles. The van der Waals surface area contributed by atoms with Gasteiger partial charge in [0.15, 0.2) is 0 Å². The van der Waals surface area contributed by atoms with Crippen LogP contribution < -0.4 is 0 Å². The van der Waals surface area contributed by atoms with Gasteiger partial charge in [-0.05, 0) is 67.5 Å². The van der Waals surface area contributed by atoms with Crippen molar-refractivity contribution in [3.63, 3.8) is 0 Å². The minimum atomic E-state index is -0.589. The standard InChI is InChI=1S/C28H31Cl2NO3/c1-4-13-28(3)17-23(19-7-6-8-22(30)14-19)26(18-9-11-21(29)12-10-18)31(27(28)33)24-15-20(24)16-25(32)34-5-2/h4,6-12,14,20,23-24,26H,1,5,13,15-17H2,2-3H3/t20?,23-,24?,26-,28+/m1/s1. The first-order chi connectivity index (χ1) is 16.3. The molecule has 4 rings (SSSR count). The van der Waals surface area contributed by atoms with Crippen LogP contribution in [0.15, 0.2) is 61.2 Å². The Bertz CT molecular complexity index is 1070. The molecule has 1 heterocycles. The lowest BCUT2D eigenvalue weighted by molar-refractivity contribution is -0.153. The minimum Gasteiger partial charge on any atom is -0.466 e. The molecule has 1 amide bonds. The molecule has 6 heteroatoms. The molecule has 0 N–H and O–H groups in total. The van der Waals surface area contributed by atoms with Crippen molar-refractivity contribution in [3.05, 3.63) is 82.4 Å². The zero-order valence-electron chi connectivity index (χ0n) is 19.7. The number of hydrogen-bond acceptors (Lipinski definition) is 3. The van der Waals surface area contributed by atoms with E-state index in [4.69, 9.17) is 27.9 Å². The van der Waals surface area contributed by atoms with E-state index in [0.29, 0.717) is 35.9 Å². The van der Waals surface area contributed by atoms with Gasteiger partial charge in [-0.1, -0.05) is 60.5 Å². The Labute approximate surface area is 211 Å². The summed E-state index contributed by atoms with van der Waals surface area (Å²) in [4.78, 5) is 28.3. The van der Waals surface area contributed by atoms with Crippen molar-refractivity contribution in [2.75, 3.05) is 6.61 Å². The Balaban J connectivity index is 1.78. The molecule has 4 nitrogen and oxygen atoms in total. The normalized spacial score (nSPS) is 28.5. The number of allylic oxidation sites excluding steroid dienone is 1. The van der Waals surface area contributed by atoms with E-state index in [2.05, 4.69) is 12.6 Å². The molecule has 2 fully saturated rings. The Morgan fingerprint density at radius 3 is 2.56 bits per heavy atom. The Hall–Kier alpha value is -2.30. The molecule has 2 unspecified atom stereocenters. The second-order valence-corrected chi connectivity index (χ2v) is 10.6. The maximum Gasteiger partial charge on any atom is 0.306 e. The number of carbonyl (C=O) groups excluding carboxylic acids is 2. The Kier molecular flexibility index (Phi) is 7.39. The maximum absolute atomic E-state index is 14.1. The van der Waals surface area contributed by atoms with E-state index in [1.54, 1.807) is 0 Å². The van der Waals surface area contributed by atoms with Gasteiger partial charge in [-0.2, -0.15) is 0 Å². The van der Waals surface area contributed by atoms with Crippen LogP contribution in [0.5, 0.6) is 0 Å². The molecular weight excluding hydrogens is 469 g/mol. The molecule has 0 bridgehead atoms. The lowest BCUT2D eigenvalue weighted by Gasteiger charge is -2.50. The number of hydrogen-bond donors (Lipinski definition) is 0. The number of nitrogens with zero attached hydrogens (tertiary/aromatic N) is 1. The largest absolute Gasteiger partial charge is 0.466 e. The number of ether oxygens (including phenoxy) is 1. The molecule has 34 heavy (non-hydrogen) atoms. The lowest BCUT2D eigenvalue weighted by Crippen LogP contribution is -2.53. The summed E-state index contributed by atoms with van der Waals surface area (Å²) in [6, 6.07) is 15.5. The first-order valence-corrected chi connectivity index (χ1v) is 12.6. The number of esters is 1. The van der Waals surface area contributed by atoms with Gasteiger partial charge in [-0.3, -0.25) is 9.59 Å². The van der Waals surface area contributed by atoms with Crippen LogP contribution in [-0.4, -0.2) is 29.4 Å². The van der Waals surface area contributed by atoms with Gasteiger partial charge in [0.2, 0.25) is 5.91 Å². The van der Waals surface area contributed by atoms with Crippen LogP contribution in [0.4, 0.5) is 0 Å². The van der Waals surface area contributed by atoms with Crippen molar-refractivity contribution in [2.45, 2.75) is 57.5 Å². The predicted octanol–water partition coefficient (Wildman–Crippen LogP) is 6.97. The number of benzene rings is 2. The van der Waals surface area contributed by atoms with Crippen LogP contribution in [0.25, 0.3) is 0 Å². The third-order valence-electron chi connectivity index (χ3n) is 7.16. The highest BCUT2D eigenvalue weighted by atomic mass is 35.5. The first-order valence-electron chi connectivity index (χ1n) is 11.9. The second-order valence-electron chi connectivity index (χ2n) is 9.70. The van der Waals surface area contributed by atoms with Crippen LogP contribution in [0.2, 0.25) is 10.0 Å². The summed E-state index contributed by atoms with van der Waals surface area (Å²) in [6.45, 7) is 8.13. The van der Waals surface area contributed by atoms with Crippen LogP contribution in [0.3, 0.4) is 0 Å². The first kappa shape index (κ1) is 24.8. The molecular formula is C28H31Cl2NO3. The summed E-state index contributed by atoms with van der Waals surface area (Å²) in [5.41, 5.74) is 1.54. The molecule has 1 saturated heterocycles. The SMILES string of the molecule is C=CC[C@@]1(C)C[C@H](c2cccc(Cl)c2)[C@@H](c2ccc(Cl)cc2)N(C2CC2CC(=O)OCC)C1=O. The summed E-state index contributed by atoms with van der Waals surface area (Å²) >= 11 is 12.6. The highest BCUT2D eigenvalue weighted by Gasteiger charge is 2.56. The maximum atomic E-state index is 14.1. The molecule has 2 aliphatic rings. The zero-order valence-corrected chi connectivity index (χ0v) is 21.2. The second kappa shape index (κ2) is 10.1. The van der Waals surface area contributed by atoms with Crippen LogP contribution in [0.1, 0.15) is 62.6 Å². The van der Waals surface area contributed by atoms with Gasteiger partial charge in [0, 0.05) is 22.0 Å². The lowest BCUT2D eigenvalue weighted by atomic mass is 9.67. The summed E-state index contributed by atoms with van der Waals surface area (Å²) in [6.07, 6.45) is 4.21. The van der Waals surface area contributed by atoms with E-state index in [9.17, 15) is 9.59 Å². The average Bonchev–Trinajstić information content (AvgIpc) is 3.54. The third-order valence-corrected chi connectivity index (χ3v) is 7.65. The van der Waals surface area contributed by atoms with Crippen LogP contribution in [0, 0.1) is 11.3 Å². The number of rotatable bonds is 8. The van der Waals surface area contributed by atoms with E-state index >= 15 is 0 Å². The van der Waals surface area contributed by atoms with Gasteiger partial charge in [0.05, 0.1) is 24.5 Å². The summed E-state index contributed by atoms with van der Waals surface area (Å²) < 4.78 is 5.18. The van der Waals surface area contributed by atoms with Gasteiger partial charge < -0.3 is 9.64 Å². The molecule has 2 aromatic rings. The molecule has 1 aliphatic carbocycles. The van der Waals surface area contributed by atoms with E-state index in [0.717, 1.165) is 17.5 Å².